The van der Waals surface area contributed by atoms with Gasteiger partial charge in [0.1, 0.15) is 0 Å². The number of nitrogens with one attached hydrogen (secondary N) is 1. The summed E-state index contributed by atoms with van der Waals surface area (Å²) in [4.78, 5) is 35.8. The Kier molecular flexibility index (Phi) is 4.28. The van der Waals surface area contributed by atoms with Crippen LogP contribution in [-0.4, -0.2) is 23.5 Å². The Balaban J connectivity index is 3.06. The van der Waals surface area contributed by atoms with Gasteiger partial charge in [-0.05, 0) is 33.3 Å². The van der Waals surface area contributed by atoms with Crippen LogP contribution in [0.2, 0.25) is 0 Å². The fourth-order valence-electron chi connectivity index (χ4n) is 1.54. The SMILES string of the molecule is C#CC(C)(C)NC(=O)C(=O)c1sc(C)c(C=O)c1C. The molecule has 1 amide bonds. The number of hydrogen-bond donors (Lipinski definition) is 1. The van der Waals surface area contributed by atoms with Gasteiger partial charge >= 0.3 is 0 Å². The lowest BCUT2D eigenvalue weighted by molar-refractivity contribution is -0.117. The average molecular weight is 277 g/mol. The van der Waals surface area contributed by atoms with Gasteiger partial charge < -0.3 is 5.32 Å². The summed E-state index contributed by atoms with van der Waals surface area (Å²) in [7, 11) is 0. The van der Waals surface area contributed by atoms with E-state index in [1.165, 1.54) is 0 Å². The van der Waals surface area contributed by atoms with E-state index in [9.17, 15) is 14.4 Å². The van der Waals surface area contributed by atoms with Crippen molar-refractivity contribution in [1.29, 1.82) is 0 Å². The van der Waals surface area contributed by atoms with E-state index in [1.807, 2.05) is 0 Å². The lowest BCUT2D eigenvalue weighted by atomic mass is 10.1. The number of Topliss-reactive ketones (excluding diaryl/α,β-unsaturated/α-hetero) is 1. The number of terminal acetylenes is 1. The molecule has 0 saturated heterocycles. The Labute approximate surface area is 116 Å². The van der Waals surface area contributed by atoms with E-state index in [0.717, 1.165) is 16.2 Å². The van der Waals surface area contributed by atoms with Crippen LogP contribution in [0.1, 0.15) is 44.3 Å². The quantitative estimate of drug-likeness (QED) is 0.395. The monoisotopic (exact) mass is 277 g/mol. The Morgan fingerprint density at radius 2 is 1.95 bits per heavy atom. The fraction of sp³-hybridized carbons (Fsp3) is 0.357. The molecule has 1 rings (SSSR count). The summed E-state index contributed by atoms with van der Waals surface area (Å²) in [6.07, 6.45) is 5.95. The molecule has 0 fully saturated rings. The molecule has 19 heavy (non-hydrogen) atoms. The highest BCUT2D eigenvalue weighted by molar-refractivity contribution is 7.15. The zero-order valence-electron chi connectivity index (χ0n) is 11.3. The van der Waals surface area contributed by atoms with Gasteiger partial charge in [-0.1, -0.05) is 5.92 Å². The summed E-state index contributed by atoms with van der Waals surface area (Å²) < 4.78 is 0. The van der Waals surface area contributed by atoms with Crippen molar-refractivity contribution in [3.05, 3.63) is 20.9 Å². The van der Waals surface area contributed by atoms with Crippen LogP contribution >= 0.6 is 11.3 Å². The molecule has 1 N–H and O–H groups in total. The highest BCUT2D eigenvalue weighted by Crippen LogP contribution is 2.26. The first-order valence-electron chi connectivity index (χ1n) is 5.63. The molecule has 0 aliphatic heterocycles. The van der Waals surface area contributed by atoms with Crippen LogP contribution in [0.25, 0.3) is 0 Å². The van der Waals surface area contributed by atoms with Crippen molar-refractivity contribution in [3.8, 4) is 12.3 Å². The first-order valence-corrected chi connectivity index (χ1v) is 6.45. The van der Waals surface area contributed by atoms with Crippen molar-refractivity contribution in [2.45, 2.75) is 33.2 Å². The second-order valence-electron chi connectivity index (χ2n) is 4.70. The van der Waals surface area contributed by atoms with Crippen LogP contribution in [0.5, 0.6) is 0 Å². The van der Waals surface area contributed by atoms with Gasteiger partial charge in [0, 0.05) is 10.4 Å². The summed E-state index contributed by atoms with van der Waals surface area (Å²) in [6, 6.07) is 0. The minimum absolute atomic E-state index is 0.282. The minimum atomic E-state index is -0.888. The molecule has 0 saturated carbocycles. The molecule has 0 radical (unpaired) electrons. The number of carbonyl (C=O) groups is 3. The molecule has 1 aromatic rings. The molecule has 0 spiro atoms. The summed E-state index contributed by atoms with van der Waals surface area (Å²) in [5, 5.41) is 2.47. The van der Waals surface area contributed by atoms with Crippen LogP contribution in [0.4, 0.5) is 0 Å². The summed E-state index contributed by atoms with van der Waals surface area (Å²) in [5.41, 5.74) is 0.119. The lowest BCUT2D eigenvalue weighted by Gasteiger charge is -2.18. The first kappa shape index (κ1) is 15.1. The zero-order chi connectivity index (χ0) is 14.8. The van der Waals surface area contributed by atoms with Gasteiger partial charge in [0.2, 0.25) is 0 Å². The normalized spacial score (nSPS) is 10.7. The van der Waals surface area contributed by atoms with Gasteiger partial charge in [-0.25, -0.2) is 0 Å². The van der Waals surface area contributed by atoms with Gasteiger partial charge in [-0.2, -0.15) is 0 Å². The van der Waals surface area contributed by atoms with Gasteiger partial charge in [-0.15, -0.1) is 17.8 Å². The average Bonchev–Trinajstić information content (AvgIpc) is 2.62. The molecule has 1 aromatic heterocycles. The van der Waals surface area contributed by atoms with Gasteiger partial charge in [0.15, 0.2) is 6.29 Å². The largest absolute Gasteiger partial charge is 0.333 e. The number of thiophene rings is 1. The van der Waals surface area contributed by atoms with Crippen molar-refractivity contribution in [2.24, 2.45) is 0 Å². The maximum Gasteiger partial charge on any atom is 0.294 e. The highest BCUT2D eigenvalue weighted by atomic mass is 32.1. The van der Waals surface area contributed by atoms with Gasteiger partial charge in [0.05, 0.1) is 10.4 Å². The van der Waals surface area contributed by atoms with Crippen LogP contribution in [0, 0.1) is 26.2 Å². The minimum Gasteiger partial charge on any atom is -0.333 e. The second kappa shape index (κ2) is 5.37. The lowest BCUT2D eigenvalue weighted by Crippen LogP contribution is -2.45. The van der Waals surface area contributed by atoms with E-state index < -0.39 is 17.2 Å². The maximum atomic E-state index is 12.1. The predicted octanol–water partition coefficient (Wildman–Crippen LogP) is 1.89. The zero-order valence-corrected chi connectivity index (χ0v) is 12.1. The Morgan fingerprint density at radius 3 is 2.37 bits per heavy atom. The maximum absolute atomic E-state index is 12.1. The molecule has 100 valence electrons. The fourth-order valence-corrected chi connectivity index (χ4v) is 2.60. The number of amides is 1. The van der Waals surface area contributed by atoms with Crippen molar-refractivity contribution < 1.29 is 14.4 Å². The van der Waals surface area contributed by atoms with Crippen molar-refractivity contribution in [2.75, 3.05) is 0 Å². The highest BCUT2D eigenvalue weighted by Gasteiger charge is 2.27. The third-order valence-electron chi connectivity index (χ3n) is 2.70. The van der Waals surface area contributed by atoms with Crippen LogP contribution < -0.4 is 5.32 Å². The third-order valence-corrected chi connectivity index (χ3v) is 3.92. The van der Waals surface area contributed by atoms with Crippen LogP contribution in [-0.2, 0) is 4.79 Å². The third kappa shape index (κ3) is 3.09. The Morgan fingerprint density at radius 1 is 1.37 bits per heavy atom. The molecule has 0 aromatic carbocycles. The van der Waals surface area contributed by atoms with Crippen molar-refractivity contribution >= 4 is 29.3 Å². The molecular weight excluding hydrogens is 262 g/mol. The molecular formula is C14H15NO3S. The van der Waals surface area contributed by atoms with Crippen LogP contribution in [0.15, 0.2) is 0 Å². The molecule has 0 bridgehead atoms. The van der Waals surface area contributed by atoms with E-state index in [1.54, 1.807) is 27.7 Å². The first-order chi connectivity index (χ1) is 8.73. The summed E-state index contributed by atoms with van der Waals surface area (Å²) in [5.74, 6) is 0.960. The molecule has 5 heteroatoms. The molecule has 0 atom stereocenters. The topological polar surface area (TPSA) is 63.2 Å². The van der Waals surface area contributed by atoms with E-state index in [0.29, 0.717) is 17.4 Å². The van der Waals surface area contributed by atoms with Crippen molar-refractivity contribution in [3.63, 3.8) is 0 Å². The smallest absolute Gasteiger partial charge is 0.294 e. The predicted molar refractivity (Wildman–Crippen MR) is 74.6 cm³/mol. The standard InChI is InChI=1S/C14H15NO3S/c1-6-14(4,5)15-13(18)11(17)12-8(2)10(7-16)9(3)19-12/h1,7H,2-5H3,(H,15,18). The number of aryl methyl sites for hydroxylation is 1. The Hall–Kier alpha value is -1.93. The second-order valence-corrected chi connectivity index (χ2v) is 5.92. The Bertz CT molecular complexity index is 591. The number of rotatable bonds is 4. The number of ketones is 1. The summed E-state index contributed by atoms with van der Waals surface area (Å²) >= 11 is 1.14. The van der Waals surface area contributed by atoms with Gasteiger partial charge in [0.25, 0.3) is 11.7 Å². The molecule has 0 aliphatic carbocycles. The number of aldehydes is 1. The van der Waals surface area contributed by atoms with Crippen molar-refractivity contribution in [1.82, 2.24) is 5.32 Å². The van der Waals surface area contributed by atoms with Crippen LogP contribution in [0.3, 0.4) is 0 Å². The summed E-state index contributed by atoms with van der Waals surface area (Å²) in [6.45, 7) is 6.64. The number of carbonyl (C=O) groups excluding carboxylic acids is 3. The van der Waals surface area contributed by atoms with Gasteiger partial charge in [-0.3, -0.25) is 14.4 Å². The molecule has 1 heterocycles. The molecule has 4 nitrogen and oxygen atoms in total. The van der Waals surface area contributed by atoms with E-state index in [-0.39, 0.29) is 4.88 Å². The molecule has 0 unspecified atom stereocenters. The number of hydrogen-bond acceptors (Lipinski definition) is 4. The molecule has 0 aliphatic rings. The van der Waals surface area contributed by atoms with E-state index >= 15 is 0 Å². The van der Waals surface area contributed by atoms with E-state index in [4.69, 9.17) is 6.42 Å². The van der Waals surface area contributed by atoms with E-state index in [2.05, 4.69) is 11.2 Å².